The van der Waals surface area contributed by atoms with Crippen molar-refractivity contribution in [3.8, 4) is 0 Å². The summed E-state index contributed by atoms with van der Waals surface area (Å²) in [4.78, 5) is 20.4. The molecule has 1 heterocycles. The minimum Gasteiger partial charge on any atom is -0.324 e. The SMILES string of the molecule is CCc1ccc(NC(=O)c2cnc(Nc3ccc(F)c(Cl)c3)nc2)cc1. The Kier molecular flexibility index (Phi) is 5.43. The molecule has 3 rings (SSSR count). The van der Waals surface area contributed by atoms with Crippen LogP contribution in [0.3, 0.4) is 0 Å². The van der Waals surface area contributed by atoms with Crippen molar-refractivity contribution >= 4 is 34.8 Å². The number of aromatic nitrogens is 2. The van der Waals surface area contributed by atoms with Gasteiger partial charge in [0.15, 0.2) is 0 Å². The van der Waals surface area contributed by atoms with Gasteiger partial charge in [-0.1, -0.05) is 30.7 Å². The number of rotatable bonds is 5. The Labute approximate surface area is 155 Å². The molecule has 0 aliphatic carbocycles. The van der Waals surface area contributed by atoms with Gasteiger partial charge in [0.2, 0.25) is 5.95 Å². The van der Waals surface area contributed by atoms with Gasteiger partial charge in [0.25, 0.3) is 5.91 Å². The number of nitrogens with zero attached hydrogens (tertiary/aromatic N) is 2. The van der Waals surface area contributed by atoms with Crippen molar-refractivity contribution in [3.63, 3.8) is 0 Å². The number of benzene rings is 2. The third kappa shape index (κ3) is 4.34. The maximum absolute atomic E-state index is 13.2. The molecule has 0 saturated carbocycles. The van der Waals surface area contributed by atoms with Crippen molar-refractivity contribution < 1.29 is 9.18 Å². The molecule has 0 aliphatic heterocycles. The molecule has 3 aromatic rings. The Balaban J connectivity index is 1.66. The van der Waals surface area contributed by atoms with Gasteiger partial charge in [-0.3, -0.25) is 4.79 Å². The van der Waals surface area contributed by atoms with Crippen LogP contribution >= 0.6 is 11.6 Å². The van der Waals surface area contributed by atoms with Gasteiger partial charge in [-0.15, -0.1) is 0 Å². The van der Waals surface area contributed by atoms with E-state index in [0.29, 0.717) is 16.9 Å². The Morgan fingerprint density at radius 2 is 1.73 bits per heavy atom. The molecule has 132 valence electrons. The summed E-state index contributed by atoms with van der Waals surface area (Å²) in [6, 6.07) is 11.8. The van der Waals surface area contributed by atoms with Crippen LogP contribution in [0.25, 0.3) is 0 Å². The maximum Gasteiger partial charge on any atom is 0.258 e. The lowest BCUT2D eigenvalue weighted by Gasteiger charge is -2.08. The molecule has 0 saturated heterocycles. The van der Waals surface area contributed by atoms with E-state index in [1.165, 1.54) is 36.2 Å². The van der Waals surface area contributed by atoms with Crippen LogP contribution in [0.5, 0.6) is 0 Å². The van der Waals surface area contributed by atoms with E-state index in [2.05, 4.69) is 27.5 Å². The molecule has 1 amide bonds. The predicted octanol–water partition coefficient (Wildman–Crippen LogP) is 4.83. The number of amides is 1. The lowest BCUT2D eigenvalue weighted by molar-refractivity contribution is 0.102. The number of nitrogens with one attached hydrogen (secondary N) is 2. The number of aryl methyl sites for hydroxylation is 1. The molecule has 0 aliphatic rings. The molecule has 0 fully saturated rings. The zero-order valence-electron chi connectivity index (χ0n) is 14.0. The average Bonchev–Trinajstić information content (AvgIpc) is 2.66. The number of halogens is 2. The average molecular weight is 371 g/mol. The van der Waals surface area contributed by atoms with Gasteiger partial charge in [-0.05, 0) is 42.3 Å². The quantitative estimate of drug-likeness (QED) is 0.675. The molecular weight excluding hydrogens is 355 g/mol. The van der Waals surface area contributed by atoms with Crippen molar-refractivity contribution in [1.82, 2.24) is 9.97 Å². The monoisotopic (exact) mass is 370 g/mol. The van der Waals surface area contributed by atoms with Crippen molar-refractivity contribution in [2.75, 3.05) is 10.6 Å². The zero-order chi connectivity index (χ0) is 18.5. The van der Waals surface area contributed by atoms with E-state index in [1.54, 1.807) is 0 Å². The number of anilines is 3. The maximum atomic E-state index is 13.2. The highest BCUT2D eigenvalue weighted by Crippen LogP contribution is 2.21. The molecular formula is C19H16ClFN4O. The molecule has 26 heavy (non-hydrogen) atoms. The normalized spacial score (nSPS) is 10.4. The fourth-order valence-electron chi connectivity index (χ4n) is 2.24. The summed E-state index contributed by atoms with van der Waals surface area (Å²) in [6.45, 7) is 2.07. The fourth-order valence-corrected chi connectivity index (χ4v) is 2.42. The molecule has 5 nitrogen and oxygen atoms in total. The second-order valence-corrected chi connectivity index (χ2v) is 5.96. The fraction of sp³-hybridized carbons (Fsp3) is 0.105. The van der Waals surface area contributed by atoms with Crippen LogP contribution in [0.15, 0.2) is 54.9 Å². The van der Waals surface area contributed by atoms with Crippen molar-refractivity contribution in [3.05, 3.63) is 76.8 Å². The largest absolute Gasteiger partial charge is 0.324 e. The molecule has 0 unspecified atom stereocenters. The Bertz CT molecular complexity index is 914. The first-order valence-corrected chi connectivity index (χ1v) is 8.37. The van der Waals surface area contributed by atoms with E-state index in [0.717, 1.165) is 6.42 Å². The minimum atomic E-state index is -0.503. The van der Waals surface area contributed by atoms with Crippen molar-refractivity contribution in [1.29, 1.82) is 0 Å². The summed E-state index contributed by atoms with van der Waals surface area (Å²) < 4.78 is 13.2. The zero-order valence-corrected chi connectivity index (χ0v) is 14.7. The first-order chi connectivity index (χ1) is 12.5. The Morgan fingerprint density at radius 1 is 1.08 bits per heavy atom. The second-order valence-electron chi connectivity index (χ2n) is 5.55. The highest BCUT2D eigenvalue weighted by Gasteiger charge is 2.08. The molecule has 0 atom stereocenters. The topological polar surface area (TPSA) is 66.9 Å². The van der Waals surface area contributed by atoms with Crippen LogP contribution in [0.4, 0.5) is 21.7 Å². The van der Waals surface area contributed by atoms with Crippen LogP contribution in [0, 0.1) is 5.82 Å². The number of carbonyl (C=O) groups is 1. The van der Waals surface area contributed by atoms with E-state index >= 15 is 0 Å². The third-order valence-corrected chi connectivity index (χ3v) is 4.00. The number of carbonyl (C=O) groups excluding carboxylic acids is 1. The van der Waals surface area contributed by atoms with Gasteiger partial charge in [0.1, 0.15) is 5.82 Å². The molecule has 0 bridgehead atoms. The minimum absolute atomic E-state index is 0.0000829. The summed E-state index contributed by atoms with van der Waals surface area (Å²) in [5.74, 6) is -0.528. The van der Waals surface area contributed by atoms with E-state index in [4.69, 9.17) is 11.6 Å². The molecule has 0 spiro atoms. The van der Waals surface area contributed by atoms with E-state index in [1.807, 2.05) is 24.3 Å². The Hall–Kier alpha value is -2.99. The van der Waals surface area contributed by atoms with Gasteiger partial charge in [0, 0.05) is 23.8 Å². The highest BCUT2D eigenvalue weighted by atomic mass is 35.5. The summed E-state index contributed by atoms with van der Waals surface area (Å²) in [5, 5.41) is 5.69. The third-order valence-electron chi connectivity index (χ3n) is 3.71. The lowest BCUT2D eigenvalue weighted by Crippen LogP contribution is -2.13. The van der Waals surface area contributed by atoms with Gasteiger partial charge in [-0.25, -0.2) is 14.4 Å². The second kappa shape index (κ2) is 7.93. The van der Waals surface area contributed by atoms with E-state index in [9.17, 15) is 9.18 Å². The van der Waals surface area contributed by atoms with Crippen molar-refractivity contribution in [2.24, 2.45) is 0 Å². The highest BCUT2D eigenvalue weighted by molar-refractivity contribution is 6.31. The van der Waals surface area contributed by atoms with Crippen LogP contribution in [-0.4, -0.2) is 15.9 Å². The Morgan fingerprint density at radius 3 is 2.35 bits per heavy atom. The van der Waals surface area contributed by atoms with Gasteiger partial charge >= 0.3 is 0 Å². The summed E-state index contributed by atoms with van der Waals surface area (Å²) >= 11 is 5.73. The van der Waals surface area contributed by atoms with Gasteiger partial charge in [-0.2, -0.15) is 0 Å². The number of hydrogen-bond donors (Lipinski definition) is 2. The van der Waals surface area contributed by atoms with Crippen LogP contribution < -0.4 is 10.6 Å². The van der Waals surface area contributed by atoms with E-state index < -0.39 is 5.82 Å². The van der Waals surface area contributed by atoms with Crippen LogP contribution in [0.1, 0.15) is 22.8 Å². The van der Waals surface area contributed by atoms with Gasteiger partial charge in [0.05, 0.1) is 10.6 Å². The predicted molar refractivity (Wildman–Crippen MR) is 100 cm³/mol. The smallest absolute Gasteiger partial charge is 0.258 e. The molecule has 7 heteroatoms. The summed E-state index contributed by atoms with van der Waals surface area (Å²) in [6.07, 6.45) is 3.77. The van der Waals surface area contributed by atoms with Gasteiger partial charge < -0.3 is 10.6 Å². The molecule has 1 aromatic heterocycles. The molecule has 2 N–H and O–H groups in total. The molecule has 0 radical (unpaired) electrons. The van der Waals surface area contributed by atoms with Crippen LogP contribution in [0.2, 0.25) is 5.02 Å². The van der Waals surface area contributed by atoms with Crippen molar-refractivity contribution in [2.45, 2.75) is 13.3 Å². The van der Waals surface area contributed by atoms with E-state index in [-0.39, 0.29) is 16.9 Å². The lowest BCUT2D eigenvalue weighted by atomic mass is 10.1. The first kappa shape index (κ1) is 17.8. The summed E-state index contributed by atoms with van der Waals surface area (Å²) in [5.41, 5.74) is 2.77. The van der Waals surface area contributed by atoms with Crippen LogP contribution in [-0.2, 0) is 6.42 Å². The summed E-state index contributed by atoms with van der Waals surface area (Å²) in [7, 11) is 0. The first-order valence-electron chi connectivity index (χ1n) is 7.99. The standard InChI is InChI=1S/C19H16ClFN4O/c1-2-12-3-5-14(6-4-12)24-18(26)13-10-22-19(23-11-13)25-15-7-8-17(21)16(20)9-15/h3-11H,2H2,1H3,(H,24,26)(H,22,23,25). The molecule has 2 aromatic carbocycles. The number of hydrogen-bond acceptors (Lipinski definition) is 4.